The molecule has 0 aromatic carbocycles. The molecule has 4 aliphatic rings. The van der Waals surface area contributed by atoms with Gasteiger partial charge in [-0.05, 0) is 56.3 Å². The van der Waals surface area contributed by atoms with E-state index in [1.807, 2.05) is 12.1 Å². The second kappa shape index (κ2) is 4.03. The highest BCUT2D eigenvalue weighted by molar-refractivity contribution is 5.37. The Morgan fingerprint density at radius 1 is 0.950 bits per heavy atom. The van der Waals surface area contributed by atoms with E-state index in [1.54, 1.807) is 6.20 Å². The van der Waals surface area contributed by atoms with Crippen molar-refractivity contribution in [1.29, 1.82) is 10.5 Å². The quantitative estimate of drug-likeness (QED) is 0.781. The molecule has 5 rings (SSSR count). The molecule has 0 unspecified atom stereocenters. The molecule has 0 amide bonds. The maximum absolute atomic E-state index is 9.15. The summed E-state index contributed by atoms with van der Waals surface area (Å²) >= 11 is 0. The first-order valence-electron chi connectivity index (χ1n) is 7.40. The van der Waals surface area contributed by atoms with Gasteiger partial charge in [0.15, 0.2) is 11.4 Å². The lowest BCUT2D eigenvalue weighted by Gasteiger charge is -2.56. The van der Waals surface area contributed by atoms with Gasteiger partial charge in [0.1, 0.15) is 12.1 Å². The molecule has 4 bridgehead atoms. The Labute approximate surface area is 118 Å². The third kappa shape index (κ3) is 1.58. The first-order chi connectivity index (χ1) is 9.72. The molecule has 1 heterocycles. The third-order valence-electron chi connectivity index (χ3n) is 5.57. The number of hydrogen-bond donors (Lipinski definition) is 0. The summed E-state index contributed by atoms with van der Waals surface area (Å²) in [5, 5.41) is 18.1. The number of rotatable bonds is 1. The van der Waals surface area contributed by atoms with Crippen LogP contribution in [0.1, 0.15) is 55.6 Å². The Morgan fingerprint density at radius 2 is 1.50 bits per heavy atom. The van der Waals surface area contributed by atoms with Crippen molar-refractivity contribution in [1.82, 2.24) is 9.97 Å². The van der Waals surface area contributed by atoms with Gasteiger partial charge in [0.2, 0.25) is 0 Å². The Kier molecular flexibility index (Phi) is 2.39. The van der Waals surface area contributed by atoms with E-state index in [-0.39, 0.29) is 16.8 Å². The molecule has 4 saturated carbocycles. The highest BCUT2D eigenvalue weighted by Gasteiger charge is 2.52. The van der Waals surface area contributed by atoms with Gasteiger partial charge in [-0.2, -0.15) is 10.5 Å². The van der Waals surface area contributed by atoms with E-state index in [2.05, 4.69) is 9.97 Å². The van der Waals surface area contributed by atoms with Crippen LogP contribution in [0.25, 0.3) is 0 Å². The van der Waals surface area contributed by atoms with Crippen LogP contribution >= 0.6 is 0 Å². The predicted octanol–water partition coefficient (Wildman–Crippen LogP) is 2.69. The number of nitrogens with zero attached hydrogens (tertiary/aromatic N) is 4. The Bertz CT molecular complexity index is 614. The Morgan fingerprint density at radius 3 is 2.00 bits per heavy atom. The van der Waals surface area contributed by atoms with Gasteiger partial charge >= 0.3 is 0 Å². The van der Waals surface area contributed by atoms with E-state index in [4.69, 9.17) is 10.5 Å². The largest absolute Gasteiger partial charge is 0.241 e. The third-order valence-corrected chi connectivity index (χ3v) is 5.57. The molecule has 1 aromatic heterocycles. The highest BCUT2D eigenvalue weighted by Crippen LogP contribution is 2.60. The minimum absolute atomic E-state index is 0.140. The van der Waals surface area contributed by atoms with Crippen molar-refractivity contribution in [2.24, 2.45) is 17.8 Å². The molecule has 4 fully saturated rings. The van der Waals surface area contributed by atoms with Crippen molar-refractivity contribution in [3.63, 3.8) is 0 Å². The zero-order chi connectivity index (χ0) is 13.7. The van der Waals surface area contributed by atoms with Crippen LogP contribution in [0.5, 0.6) is 0 Å². The minimum Gasteiger partial charge on any atom is -0.241 e. The number of hydrogen-bond acceptors (Lipinski definition) is 4. The second-order valence-electron chi connectivity index (χ2n) is 6.87. The topological polar surface area (TPSA) is 73.4 Å². The molecule has 0 saturated heterocycles. The van der Waals surface area contributed by atoms with E-state index in [9.17, 15) is 0 Å². The molecular formula is C16H16N4. The van der Waals surface area contributed by atoms with Gasteiger partial charge in [0.25, 0.3) is 0 Å². The standard InChI is InChI=1S/C16H16N4/c17-7-13-14(8-18)20-15(9-19-13)16-4-10-1-11(5-16)3-12(2-10)6-16/h9-12H,1-6H2. The Balaban J connectivity index is 1.78. The summed E-state index contributed by atoms with van der Waals surface area (Å²) in [5.41, 5.74) is 1.45. The SMILES string of the molecule is N#Cc1ncc(C23CC4CC(CC(C4)C2)C3)nc1C#N. The fourth-order valence-corrected chi connectivity index (χ4v) is 5.23. The van der Waals surface area contributed by atoms with Crippen LogP contribution in [0.2, 0.25) is 0 Å². The van der Waals surface area contributed by atoms with E-state index >= 15 is 0 Å². The van der Waals surface area contributed by atoms with Crippen molar-refractivity contribution in [3.05, 3.63) is 23.3 Å². The lowest BCUT2D eigenvalue weighted by atomic mass is 9.49. The minimum atomic E-state index is 0.140. The molecule has 20 heavy (non-hydrogen) atoms. The highest BCUT2D eigenvalue weighted by atomic mass is 14.8. The molecule has 4 nitrogen and oxygen atoms in total. The second-order valence-corrected chi connectivity index (χ2v) is 6.87. The normalized spacial score (nSPS) is 37.4. The van der Waals surface area contributed by atoms with Gasteiger partial charge < -0.3 is 0 Å². The molecule has 4 aliphatic carbocycles. The van der Waals surface area contributed by atoms with Crippen molar-refractivity contribution in [3.8, 4) is 12.1 Å². The molecule has 0 atom stereocenters. The molecule has 0 spiro atoms. The number of aromatic nitrogens is 2. The fourth-order valence-electron chi connectivity index (χ4n) is 5.23. The monoisotopic (exact) mass is 264 g/mol. The van der Waals surface area contributed by atoms with E-state index in [0.717, 1.165) is 23.4 Å². The van der Waals surface area contributed by atoms with E-state index < -0.39 is 0 Å². The summed E-state index contributed by atoms with van der Waals surface area (Å²) < 4.78 is 0. The maximum Gasteiger partial charge on any atom is 0.177 e. The van der Waals surface area contributed by atoms with Crippen molar-refractivity contribution in [2.45, 2.75) is 43.9 Å². The van der Waals surface area contributed by atoms with Gasteiger partial charge in [-0.3, -0.25) is 0 Å². The lowest BCUT2D eigenvalue weighted by molar-refractivity contribution is -0.00740. The van der Waals surface area contributed by atoms with Gasteiger partial charge in [-0.1, -0.05) is 0 Å². The molecular weight excluding hydrogens is 248 g/mol. The summed E-state index contributed by atoms with van der Waals surface area (Å²) in [5.74, 6) is 2.51. The van der Waals surface area contributed by atoms with Gasteiger partial charge in [-0.15, -0.1) is 0 Å². The van der Waals surface area contributed by atoms with E-state index in [0.29, 0.717) is 0 Å². The molecule has 1 aromatic rings. The summed E-state index contributed by atoms with van der Waals surface area (Å²) in [4.78, 5) is 8.68. The van der Waals surface area contributed by atoms with E-state index in [1.165, 1.54) is 38.5 Å². The summed E-state index contributed by atoms with van der Waals surface area (Å²) in [6.07, 6.45) is 9.50. The van der Waals surface area contributed by atoms with Crippen molar-refractivity contribution in [2.75, 3.05) is 0 Å². The smallest absolute Gasteiger partial charge is 0.177 e. The number of nitriles is 2. The van der Waals surface area contributed by atoms with Crippen LogP contribution in [0, 0.1) is 40.4 Å². The summed E-state index contributed by atoms with van der Waals surface area (Å²) in [6, 6.07) is 3.97. The average molecular weight is 264 g/mol. The predicted molar refractivity (Wildman–Crippen MR) is 71.3 cm³/mol. The first kappa shape index (κ1) is 11.9. The zero-order valence-corrected chi connectivity index (χ0v) is 11.3. The Hall–Kier alpha value is -1.94. The van der Waals surface area contributed by atoms with Crippen molar-refractivity contribution < 1.29 is 0 Å². The van der Waals surface area contributed by atoms with Crippen LogP contribution in [0.3, 0.4) is 0 Å². The summed E-state index contributed by atoms with van der Waals surface area (Å²) in [6.45, 7) is 0. The molecule has 100 valence electrons. The maximum atomic E-state index is 9.15. The summed E-state index contributed by atoms with van der Waals surface area (Å²) in [7, 11) is 0. The van der Waals surface area contributed by atoms with Crippen LogP contribution in [-0.2, 0) is 5.41 Å². The average Bonchev–Trinajstić information content (AvgIpc) is 2.45. The first-order valence-corrected chi connectivity index (χ1v) is 7.40. The fraction of sp³-hybridized carbons (Fsp3) is 0.625. The van der Waals surface area contributed by atoms with Crippen molar-refractivity contribution >= 4 is 0 Å². The molecule has 0 aliphatic heterocycles. The van der Waals surface area contributed by atoms with Crippen LogP contribution in [-0.4, -0.2) is 9.97 Å². The van der Waals surface area contributed by atoms with Crippen LogP contribution < -0.4 is 0 Å². The molecule has 0 N–H and O–H groups in total. The van der Waals surface area contributed by atoms with Gasteiger partial charge in [-0.25, -0.2) is 9.97 Å². The zero-order valence-electron chi connectivity index (χ0n) is 11.3. The van der Waals surface area contributed by atoms with Gasteiger partial charge in [0.05, 0.1) is 11.9 Å². The van der Waals surface area contributed by atoms with Gasteiger partial charge in [0, 0.05) is 5.41 Å². The van der Waals surface area contributed by atoms with Crippen LogP contribution in [0.15, 0.2) is 6.20 Å². The lowest BCUT2D eigenvalue weighted by Crippen LogP contribution is -2.49. The van der Waals surface area contributed by atoms with Crippen LogP contribution in [0.4, 0.5) is 0 Å². The molecule has 0 radical (unpaired) electrons. The molecule has 4 heteroatoms.